The van der Waals surface area contributed by atoms with Gasteiger partial charge in [0.1, 0.15) is 17.0 Å². The molecule has 0 bridgehead atoms. The zero-order valence-corrected chi connectivity index (χ0v) is 13.7. The first-order valence-corrected chi connectivity index (χ1v) is 8.67. The third-order valence-electron chi connectivity index (χ3n) is 4.31. The molecular formula is C18H17N3OS. The van der Waals surface area contributed by atoms with E-state index in [0.29, 0.717) is 0 Å². The minimum absolute atomic E-state index is 0.0767. The van der Waals surface area contributed by atoms with Gasteiger partial charge in [0.25, 0.3) is 0 Å². The topological polar surface area (TPSA) is 54.9 Å². The van der Waals surface area contributed by atoms with E-state index in [1.54, 1.807) is 24.6 Å². The fourth-order valence-electron chi connectivity index (χ4n) is 3.11. The molecule has 5 heteroatoms. The summed E-state index contributed by atoms with van der Waals surface area (Å²) in [6.45, 7) is 1.58. The number of Topliss-reactive ketones (excluding diaryl/α,β-unsaturated/α-hetero) is 1. The minimum Gasteiger partial charge on any atom is -0.340 e. The molecule has 0 atom stereocenters. The third kappa shape index (κ3) is 2.61. The standard InChI is InChI=1S/C18H17N3OS/c1-11(22)12-6-8-13(9-7-12)21-17-16-14-4-2-3-5-15(14)23-18(16)20-10-19-17/h6-10H,2-5H2,1H3,(H,19,20,21). The Bertz CT molecular complexity index is 883. The van der Waals surface area contributed by atoms with Gasteiger partial charge in [0.2, 0.25) is 0 Å². The van der Waals surface area contributed by atoms with Crippen LogP contribution < -0.4 is 5.32 Å². The highest BCUT2D eigenvalue weighted by Crippen LogP contribution is 2.38. The van der Waals surface area contributed by atoms with Gasteiger partial charge in [-0.2, -0.15) is 0 Å². The van der Waals surface area contributed by atoms with Gasteiger partial charge in [-0.05, 0) is 62.4 Å². The van der Waals surface area contributed by atoms with Crippen LogP contribution >= 0.6 is 11.3 Å². The molecule has 4 rings (SSSR count). The Morgan fingerprint density at radius 3 is 2.70 bits per heavy atom. The molecule has 0 saturated heterocycles. The number of ketones is 1. The smallest absolute Gasteiger partial charge is 0.159 e. The molecule has 0 fully saturated rings. The maximum Gasteiger partial charge on any atom is 0.159 e. The number of benzene rings is 1. The zero-order chi connectivity index (χ0) is 15.8. The zero-order valence-electron chi connectivity index (χ0n) is 12.9. The number of thiophene rings is 1. The van der Waals surface area contributed by atoms with Gasteiger partial charge in [-0.15, -0.1) is 11.3 Å². The molecule has 0 spiro atoms. The Labute approximate surface area is 138 Å². The first kappa shape index (κ1) is 14.3. The second-order valence-corrected chi connectivity index (χ2v) is 6.96. The lowest BCUT2D eigenvalue weighted by molar-refractivity contribution is 0.101. The van der Waals surface area contributed by atoms with Crippen LogP contribution in [0.1, 0.15) is 40.6 Å². The second kappa shape index (κ2) is 5.74. The van der Waals surface area contributed by atoms with Crippen LogP contribution in [0.5, 0.6) is 0 Å². The molecule has 0 saturated carbocycles. The van der Waals surface area contributed by atoms with Gasteiger partial charge in [-0.25, -0.2) is 9.97 Å². The molecule has 2 aromatic heterocycles. The number of carbonyl (C=O) groups excluding carboxylic acids is 1. The lowest BCUT2D eigenvalue weighted by Gasteiger charge is -2.12. The van der Waals surface area contributed by atoms with E-state index in [1.165, 1.54) is 28.7 Å². The number of aromatic nitrogens is 2. The molecule has 1 aliphatic rings. The Balaban J connectivity index is 1.74. The van der Waals surface area contributed by atoms with Gasteiger partial charge in [-0.3, -0.25) is 4.79 Å². The fourth-order valence-corrected chi connectivity index (χ4v) is 4.34. The van der Waals surface area contributed by atoms with E-state index < -0.39 is 0 Å². The van der Waals surface area contributed by atoms with Crippen LogP contribution in [0.25, 0.3) is 10.2 Å². The van der Waals surface area contributed by atoms with E-state index in [0.717, 1.165) is 34.7 Å². The Kier molecular flexibility index (Phi) is 3.58. The molecule has 0 aliphatic heterocycles. The highest BCUT2D eigenvalue weighted by molar-refractivity contribution is 7.19. The van der Waals surface area contributed by atoms with Crippen molar-refractivity contribution < 1.29 is 4.79 Å². The summed E-state index contributed by atoms with van der Waals surface area (Å²) in [5.41, 5.74) is 3.07. The van der Waals surface area contributed by atoms with Gasteiger partial charge in [0, 0.05) is 16.1 Å². The lowest BCUT2D eigenvalue weighted by atomic mass is 9.97. The SMILES string of the molecule is CC(=O)c1ccc(Nc2ncnc3sc4c(c23)CCCC4)cc1. The molecule has 1 N–H and O–H groups in total. The Morgan fingerprint density at radius 2 is 1.91 bits per heavy atom. The Morgan fingerprint density at radius 1 is 1.13 bits per heavy atom. The normalized spacial score (nSPS) is 13.8. The highest BCUT2D eigenvalue weighted by atomic mass is 32.1. The predicted octanol–water partition coefficient (Wildman–Crippen LogP) is 4.52. The van der Waals surface area contributed by atoms with E-state index in [2.05, 4.69) is 15.3 Å². The lowest BCUT2D eigenvalue weighted by Crippen LogP contribution is -2.01. The molecule has 2 heterocycles. The van der Waals surface area contributed by atoms with Gasteiger partial charge < -0.3 is 5.32 Å². The summed E-state index contributed by atoms with van der Waals surface area (Å²) in [7, 11) is 0. The summed E-state index contributed by atoms with van der Waals surface area (Å²) in [5.74, 6) is 0.942. The van der Waals surface area contributed by atoms with Crippen LogP contribution in [0.15, 0.2) is 30.6 Å². The third-order valence-corrected chi connectivity index (χ3v) is 5.51. The summed E-state index contributed by atoms with van der Waals surface area (Å²) < 4.78 is 0. The number of nitrogens with zero attached hydrogens (tertiary/aromatic N) is 2. The number of carbonyl (C=O) groups is 1. The van der Waals surface area contributed by atoms with Crippen molar-refractivity contribution in [3.8, 4) is 0 Å². The van der Waals surface area contributed by atoms with E-state index in [9.17, 15) is 4.79 Å². The van der Waals surface area contributed by atoms with Gasteiger partial charge in [-0.1, -0.05) is 0 Å². The predicted molar refractivity (Wildman–Crippen MR) is 93.8 cm³/mol. The number of fused-ring (bicyclic) bond motifs is 3. The van der Waals surface area contributed by atoms with Crippen molar-refractivity contribution in [2.75, 3.05) is 5.32 Å². The number of aryl methyl sites for hydroxylation is 2. The highest BCUT2D eigenvalue weighted by Gasteiger charge is 2.19. The summed E-state index contributed by atoms with van der Waals surface area (Å²) in [5, 5.41) is 4.56. The van der Waals surface area contributed by atoms with E-state index in [-0.39, 0.29) is 5.78 Å². The van der Waals surface area contributed by atoms with Crippen molar-refractivity contribution in [2.24, 2.45) is 0 Å². The van der Waals surface area contributed by atoms with Gasteiger partial charge >= 0.3 is 0 Å². The average Bonchev–Trinajstić information content (AvgIpc) is 2.95. The molecule has 0 unspecified atom stereocenters. The summed E-state index contributed by atoms with van der Waals surface area (Å²) in [6.07, 6.45) is 6.39. The van der Waals surface area contributed by atoms with Crippen molar-refractivity contribution in [3.63, 3.8) is 0 Å². The maximum atomic E-state index is 11.4. The summed E-state index contributed by atoms with van der Waals surface area (Å²) >= 11 is 1.80. The van der Waals surface area contributed by atoms with Crippen LogP contribution in [-0.2, 0) is 12.8 Å². The minimum atomic E-state index is 0.0767. The molecule has 3 aromatic rings. The van der Waals surface area contributed by atoms with Crippen molar-refractivity contribution in [1.82, 2.24) is 9.97 Å². The van der Waals surface area contributed by atoms with E-state index >= 15 is 0 Å². The van der Waals surface area contributed by atoms with Crippen LogP contribution in [0.3, 0.4) is 0 Å². The first-order chi connectivity index (χ1) is 11.2. The van der Waals surface area contributed by atoms with Crippen molar-refractivity contribution >= 4 is 38.8 Å². The van der Waals surface area contributed by atoms with Crippen molar-refractivity contribution in [2.45, 2.75) is 32.6 Å². The fraction of sp³-hybridized carbons (Fsp3) is 0.278. The number of nitrogens with one attached hydrogen (secondary N) is 1. The van der Waals surface area contributed by atoms with Crippen LogP contribution in [-0.4, -0.2) is 15.8 Å². The average molecular weight is 323 g/mol. The molecule has 4 nitrogen and oxygen atoms in total. The summed E-state index contributed by atoms with van der Waals surface area (Å²) in [6, 6.07) is 7.52. The van der Waals surface area contributed by atoms with E-state index in [4.69, 9.17) is 0 Å². The van der Waals surface area contributed by atoms with Crippen LogP contribution in [0, 0.1) is 0 Å². The first-order valence-electron chi connectivity index (χ1n) is 7.85. The molecular weight excluding hydrogens is 306 g/mol. The van der Waals surface area contributed by atoms with Gasteiger partial charge in [0.05, 0.1) is 5.39 Å². The molecule has 0 amide bonds. The van der Waals surface area contributed by atoms with Crippen molar-refractivity contribution in [3.05, 3.63) is 46.6 Å². The molecule has 1 aromatic carbocycles. The quantitative estimate of drug-likeness (QED) is 0.720. The monoisotopic (exact) mass is 323 g/mol. The number of hydrogen-bond acceptors (Lipinski definition) is 5. The molecule has 23 heavy (non-hydrogen) atoms. The molecule has 116 valence electrons. The number of hydrogen-bond donors (Lipinski definition) is 1. The molecule has 0 radical (unpaired) electrons. The Hall–Kier alpha value is -2.27. The maximum absolute atomic E-state index is 11.4. The summed E-state index contributed by atoms with van der Waals surface area (Å²) in [4.78, 5) is 22.8. The largest absolute Gasteiger partial charge is 0.340 e. The van der Waals surface area contributed by atoms with Gasteiger partial charge in [0.15, 0.2) is 5.78 Å². The second-order valence-electron chi connectivity index (χ2n) is 5.87. The molecule has 1 aliphatic carbocycles. The number of rotatable bonds is 3. The number of anilines is 2. The van der Waals surface area contributed by atoms with Crippen LogP contribution in [0.2, 0.25) is 0 Å². The van der Waals surface area contributed by atoms with Crippen LogP contribution in [0.4, 0.5) is 11.5 Å². The van der Waals surface area contributed by atoms with Crippen molar-refractivity contribution in [1.29, 1.82) is 0 Å². The van der Waals surface area contributed by atoms with E-state index in [1.807, 2.05) is 24.3 Å².